The minimum atomic E-state index is -0.210. The summed E-state index contributed by atoms with van der Waals surface area (Å²) in [5.74, 6) is 1.31. The summed E-state index contributed by atoms with van der Waals surface area (Å²) in [5.41, 5.74) is 3.21. The summed E-state index contributed by atoms with van der Waals surface area (Å²) < 4.78 is 10.5. The second-order valence-corrected chi connectivity index (χ2v) is 5.65. The molecule has 0 aliphatic rings. The van der Waals surface area contributed by atoms with Crippen LogP contribution in [0.5, 0.6) is 11.5 Å². The Kier molecular flexibility index (Phi) is 6.07. The van der Waals surface area contributed by atoms with Crippen molar-refractivity contribution in [3.63, 3.8) is 0 Å². The van der Waals surface area contributed by atoms with Gasteiger partial charge in [0, 0.05) is 6.54 Å². The second-order valence-electron chi connectivity index (χ2n) is 5.65. The third-order valence-corrected chi connectivity index (χ3v) is 3.83. The first-order valence-electron chi connectivity index (χ1n) is 7.85. The first-order valence-corrected chi connectivity index (χ1v) is 7.85. The van der Waals surface area contributed by atoms with Gasteiger partial charge in [-0.3, -0.25) is 0 Å². The number of hydrogen-bond acceptors (Lipinski definition) is 3. The van der Waals surface area contributed by atoms with Gasteiger partial charge in [0.05, 0.1) is 20.3 Å². The first kappa shape index (κ1) is 17.7. The highest BCUT2D eigenvalue weighted by Crippen LogP contribution is 2.29. The van der Waals surface area contributed by atoms with Gasteiger partial charge in [0.2, 0.25) is 0 Å². The van der Waals surface area contributed by atoms with Gasteiger partial charge >= 0.3 is 6.03 Å². The molecule has 2 aromatic rings. The van der Waals surface area contributed by atoms with E-state index in [-0.39, 0.29) is 12.1 Å². The standard InChI is InChI=1S/C19H24N2O3/c1-13-5-7-15(8-6-13)12-20-19(22)21-14(2)16-9-10-17(23-3)18(11-16)24-4/h5-11,14H,12H2,1-4H3,(H2,20,21,22). The lowest BCUT2D eigenvalue weighted by atomic mass is 10.1. The Morgan fingerprint density at radius 2 is 1.71 bits per heavy atom. The molecule has 128 valence electrons. The van der Waals surface area contributed by atoms with Gasteiger partial charge in [-0.15, -0.1) is 0 Å². The molecule has 0 radical (unpaired) electrons. The Bertz CT molecular complexity index is 684. The smallest absolute Gasteiger partial charge is 0.315 e. The zero-order valence-electron chi connectivity index (χ0n) is 14.6. The Balaban J connectivity index is 1.92. The molecular formula is C19H24N2O3. The normalized spacial score (nSPS) is 11.5. The van der Waals surface area contributed by atoms with E-state index < -0.39 is 0 Å². The van der Waals surface area contributed by atoms with E-state index in [0.29, 0.717) is 18.0 Å². The molecule has 2 rings (SSSR count). The van der Waals surface area contributed by atoms with Crippen LogP contribution in [0.3, 0.4) is 0 Å². The maximum absolute atomic E-state index is 12.1. The van der Waals surface area contributed by atoms with E-state index in [1.807, 2.05) is 56.3 Å². The molecule has 0 saturated carbocycles. The maximum Gasteiger partial charge on any atom is 0.315 e. The highest BCUT2D eigenvalue weighted by molar-refractivity contribution is 5.74. The number of carbonyl (C=O) groups excluding carboxylic acids is 1. The monoisotopic (exact) mass is 328 g/mol. The SMILES string of the molecule is COc1ccc(C(C)NC(=O)NCc2ccc(C)cc2)cc1OC. The minimum absolute atomic E-state index is 0.150. The fraction of sp³-hybridized carbons (Fsp3) is 0.316. The minimum Gasteiger partial charge on any atom is -0.493 e. The van der Waals surface area contributed by atoms with Gasteiger partial charge in [-0.25, -0.2) is 4.79 Å². The van der Waals surface area contributed by atoms with Crippen LogP contribution >= 0.6 is 0 Å². The summed E-state index contributed by atoms with van der Waals surface area (Å²) in [6.07, 6.45) is 0. The quantitative estimate of drug-likeness (QED) is 0.852. The molecule has 0 bridgehead atoms. The molecule has 24 heavy (non-hydrogen) atoms. The lowest BCUT2D eigenvalue weighted by Crippen LogP contribution is -2.36. The number of carbonyl (C=O) groups is 1. The average molecular weight is 328 g/mol. The fourth-order valence-corrected chi connectivity index (χ4v) is 2.34. The molecule has 5 heteroatoms. The van der Waals surface area contributed by atoms with E-state index in [1.165, 1.54) is 5.56 Å². The number of urea groups is 1. The van der Waals surface area contributed by atoms with Crippen LogP contribution in [0, 0.1) is 6.92 Å². The molecule has 0 fully saturated rings. The summed E-state index contributed by atoms with van der Waals surface area (Å²) in [5, 5.41) is 5.78. The molecule has 0 saturated heterocycles. The van der Waals surface area contributed by atoms with Crippen molar-refractivity contribution >= 4 is 6.03 Å². The van der Waals surface area contributed by atoms with E-state index >= 15 is 0 Å². The van der Waals surface area contributed by atoms with Crippen molar-refractivity contribution in [3.8, 4) is 11.5 Å². The van der Waals surface area contributed by atoms with Gasteiger partial charge in [0.15, 0.2) is 11.5 Å². The molecular weight excluding hydrogens is 304 g/mol. The van der Waals surface area contributed by atoms with Crippen LogP contribution in [0.1, 0.15) is 29.7 Å². The second kappa shape index (κ2) is 8.24. The lowest BCUT2D eigenvalue weighted by Gasteiger charge is -2.17. The van der Waals surface area contributed by atoms with Gasteiger partial charge in [0.25, 0.3) is 0 Å². The van der Waals surface area contributed by atoms with Crippen molar-refractivity contribution < 1.29 is 14.3 Å². The molecule has 0 heterocycles. The molecule has 1 atom stereocenters. The van der Waals surface area contributed by atoms with Crippen LogP contribution < -0.4 is 20.1 Å². The molecule has 0 aliphatic carbocycles. The maximum atomic E-state index is 12.1. The van der Waals surface area contributed by atoms with E-state index in [9.17, 15) is 4.79 Å². The Hall–Kier alpha value is -2.69. The van der Waals surface area contributed by atoms with Crippen LogP contribution in [0.25, 0.3) is 0 Å². The molecule has 2 aromatic carbocycles. The predicted molar refractivity (Wildman–Crippen MR) is 94.5 cm³/mol. The summed E-state index contributed by atoms with van der Waals surface area (Å²) >= 11 is 0. The van der Waals surface area contributed by atoms with Gasteiger partial charge in [-0.2, -0.15) is 0 Å². The fourth-order valence-electron chi connectivity index (χ4n) is 2.34. The van der Waals surface area contributed by atoms with Crippen LogP contribution in [-0.4, -0.2) is 20.3 Å². The van der Waals surface area contributed by atoms with E-state index in [2.05, 4.69) is 10.6 Å². The van der Waals surface area contributed by atoms with Gasteiger partial charge in [-0.05, 0) is 37.1 Å². The molecule has 2 amide bonds. The highest BCUT2D eigenvalue weighted by atomic mass is 16.5. The number of rotatable bonds is 6. The van der Waals surface area contributed by atoms with Gasteiger partial charge in [-0.1, -0.05) is 35.9 Å². The van der Waals surface area contributed by atoms with Crippen LogP contribution in [0.15, 0.2) is 42.5 Å². The van der Waals surface area contributed by atoms with Gasteiger partial charge < -0.3 is 20.1 Å². The van der Waals surface area contributed by atoms with Crippen LogP contribution in [0.2, 0.25) is 0 Å². The Morgan fingerprint density at radius 3 is 2.33 bits per heavy atom. The summed E-state index contributed by atoms with van der Waals surface area (Å²) in [6.45, 7) is 4.45. The summed E-state index contributed by atoms with van der Waals surface area (Å²) in [6, 6.07) is 13.3. The molecule has 0 aliphatic heterocycles. The van der Waals surface area contributed by atoms with Crippen molar-refractivity contribution in [1.82, 2.24) is 10.6 Å². The van der Waals surface area contributed by atoms with Gasteiger partial charge in [0.1, 0.15) is 0 Å². The molecule has 1 unspecified atom stereocenters. The number of nitrogens with one attached hydrogen (secondary N) is 2. The van der Waals surface area contributed by atoms with E-state index in [0.717, 1.165) is 11.1 Å². The highest BCUT2D eigenvalue weighted by Gasteiger charge is 2.12. The third-order valence-electron chi connectivity index (χ3n) is 3.83. The number of methoxy groups -OCH3 is 2. The van der Waals surface area contributed by atoms with Crippen molar-refractivity contribution in [3.05, 3.63) is 59.2 Å². The number of aryl methyl sites for hydroxylation is 1. The third kappa shape index (κ3) is 4.65. The summed E-state index contributed by atoms with van der Waals surface area (Å²) in [7, 11) is 3.19. The predicted octanol–water partition coefficient (Wildman–Crippen LogP) is 3.57. The number of benzene rings is 2. The molecule has 2 N–H and O–H groups in total. The van der Waals surface area contributed by atoms with E-state index in [1.54, 1.807) is 14.2 Å². The Labute approximate surface area is 143 Å². The van der Waals surface area contributed by atoms with Crippen molar-refractivity contribution in [2.75, 3.05) is 14.2 Å². The largest absolute Gasteiger partial charge is 0.493 e. The average Bonchev–Trinajstić information content (AvgIpc) is 2.60. The van der Waals surface area contributed by atoms with Crippen LogP contribution in [0.4, 0.5) is 4.79 Å². The zero-order valence-corrected chi connectivity index (χ0v) is 14.6. The van der Waals surface area contributed by atoms with E-state index in [4.69, 9.17) is 9.47 Å². The topological polar surface area (TPSA) is 59.6 Å². The lowest BCUT2D eigenvalue weighted by molar-refractivity contribution is 0.237. The van der Waals surface area contributed by atoms with Crippen LogP contribution in [-0.2, 0) is 6.54 Å². The zero-order chi connectivity index (χ0) is 17.5. The van der Waals surface area contributed by atoms with Crippen molar-refractivity contribution in [2.45, 2.75) is 26.4 Å². The first-order chi connectivity index (χ1) is 11.5. The van der Waals surface area contributed by atoms with Crippen molar-refractivity contribution in [1.29, 1.82) is 0 Å². The summed E-state index contributed by atoms with van der Waals surface area (Å²) in [4.78, 5) is 12.1. The number of hydrogen-bond donors (Lipinski definition) is 2. The van der Waals surface area contributed by atoms with Crippen molar-refractivity contribution in [2.24, 2.45) is 0 Å². The number of amides is 2. The molecule has 0 spiro atoms. The number of ether oxygens (including phenoxy) is 2. The molecule has 5 nitrogen and oxygen atoms in total. The Morgan fingerprint density at radius 1 is 1.04 bits per heavy atom. The molecule has 0 aromatic heterocycles.